The van der Waals surface area contributed by atoms with Crippen molar-refractivity contribution in [3.8, 4) is 11.5 Å². The van der Waals surface area contributed by atoms with E-state index in [9.17, 15) is 4.79 Å². The highest BCUT2D eigenvalue weighted by Crippen LogP contribution is 2.36. The maximum Gasteiger partial charge on any atom is 0.356 e. The Bertz CT molecular complexity index is 893. The minimum absolute atomic E-state index is 0.189. The maximum atomic E-state index is 11.8. The third-order valence-corrected chi connectivity index (χ3v) is 3.50. The predicted molar refractivity (Wildman–Crippen MR) is 86.1 cm³/mol. The molecule has 6 heteroatoms. The number of carbonyl (C=O) groups excluding carboxylic acids is 1. The molecule has 0 fully saturated rings. The molecule has 0 saturated heterocycles. The zero-order valence-electron chi connectivity index (χ0n) is 13.1. The summed E-state index contributed by atoms with van der Waals surface area (Å²) in [7, 11) is 2.89. The molecule has 3 rings (SSSR count). The van der Waals surface area contributed by atoms with Gasteiger partial charge in [0.25, 0.3) is 0 Å². The number of carbonyl (C=O) groups is 1. The van der Waals surface area contributed by atoms with Crippen LogP contribution < -0.4 is 9.47 Å². The standard InChI is InChI=1S/C17H16N2O4/c1-4-23-13-9-12(17(20)22-3)19-11-8-14(21-2)16-10(15(11)13)6-5-7-18-16/h5-9H,4H2,1-3H3. The van der Waals surface area contributed by atoms with Crippen LogP contribution in [0.15, 0.2) is 30.5 Å². The molecule has 0 saturated carbocycles. The van der Waals surface area contributed by atoms with Gasteiger partial charge in [-0.05, 0) is 13.0 Å². The molecule has 0 amide bonds. The Labute approximate surface area is 133 Å². The van der Waals surface area contributed by atoms with Gasteiger partial charge in [-0.25, -0.2) is 9.78 Å². The lowest BCUT2D eigenvalue weighted by molar-refractivity contribution is 0.0594. The van der Waals surface area contributed by atoms with E-state index in [1.54, 1.807) is 25.4 Å². The fourth-order valence-corrected chi connectivity index (χ4v) is 2.55. The molecule has 0 spiro atoms. The largest absolute Gasteiger partial charge is 0.494 e. The van der Waals surface area contributed by atoms with Crippen molar-refractivity contribution in [3.63, 3.8) is 0 Å². The molecular formula is C17H16N2O4. The molecule has 2 aromatic heterocycles. The number of hydrogen-bond acceptors (Lipinski definition) is 6. The number of esters is 1. The molecule has 0 unspecified atom stereocenters. The van der Waals surface area contributed by atoms with E-state index in [4.69, 9.17) is 14.2 Å². The van der Waals surface area contributed by atoms with Crippen molar-refractivity contribution in [2.45, 2.75) is 6.92 Å². The molecule has 1 aromatic carbocycles. The Hall–Kier alpha value is -2.89. The van der Waals surface area contributed by atoms with Crippen molar-refractivity contribution in [1.82, 2.24) is 9.97 Å². The lowest BCUT2D eigenvalue weighted by Crippen LogP contribution is -2.06. The second kappa shape index (κ2) is 6.08. The molecule has 0 N–H and O–H groups in total. The summed E-state index contributed by atoms with van der Waals surface area (Å²) in [4.78, 5) is 20.6. The Morgan fingerprint density at radius 3 is 2.74 bits per heavy atom. The number of aromatic nitrogens is 2. The first-order chi connectivity index (χ1) is 11.2. The van der Waals surface area contributed by atoms with Crippen molar-refractivity contribution in [2.75, 3.05) is 20.8 Å². The van der Waals surface area contributed by atoms with Gasteiger partial charge < -0.3 is 14.2 Å². The fraction of sp³-hybridized carbons (Fsp3) is 0.235. The minimum Gasteiger partial charge on any atom is -0.494 e. The number of fused-ring (bicyclic) bond motifs is 3. The molecule has 0 aliphatic heterocycles. The van der Waals surface area contributed by atoms with Crippen LogP contribution in [0.25, 0.3) is 21.8 Å². The van der Waals surface area contributed by atoms with E-state index in [-0.39, 0.29) is 5.69 Å². The van der Waals surface area contributed by atoms with Crippen molar-refractivity contribution >= 4 is 27.8 Å². The number of rotatable bonds is 4. The topological polar surface area (TPSA) is 70.5 Å². The van der Waals surface area contributed by atoms with Crippen LogP contribution in [-0.4, -0.2) is 36.8 Å². The van der Waals surface area contributed by atoms with Gasteiger partial charge >= 0.3 is 5.97 Å². The van der Waals surface area contributed by atoms with Gasteiger partial charge in [0.2, 0.25) is 0 Å². The summed E-state index contributed by atoms with van der Waals surface area (Å²) >= 11 is 0. The number of methoxy groups -OCH3 is 2. The van der Waals surface area contributed by atoms with Crippen LogP contribution in [0.3, 0.4) is 0 Å². The van der Waals surface area contributed by atoms with Crippen LogP contribution in [-0.2, 0) is 4.74 Å². The molecule has 2 heterocycles. The van der Waals surface area contributed by atoms with Crippen molar-refractivity contribution in [3.05, 3.63) is 36.2 Å². The third-order valence-electron chi connectivity index (χ3n) is 3.50. The summed E-state index contributed by atoms with van der Waals surface area (Å²) < 4.78 is 15.9. The molecule has 0 radical (unpaired) electrons. The van der Waals surface area contributed by atoms with Gasteiger partial charge in [0.1, 0.15) is 17.0 Å². The highest BCUT2D eigenvalue weighted by Gasteiger charge is 2.17. The monoisotopic (exact) mass is 312 g/mol. The van der Waals surface area contributed by atoms with Crippen LogP contribution in [0.5, 0.6) is 11.5 Å². The Morgan fingerprint density at radius 2 is 2.04 bits per heavy atom. The quantitative estimate of drug-likeness (QED) is 0.545. The number of pyridine rings is 2. The summed E-state index contributed by atoms with van der Waals surface area (Å²) in [6.45, 7) is 2.35. The van der Waals surface area contributed by atoms with E-state index in [1.165, 1.54) is 7.11 Å². The average molecular weight is 312 g/mol. The average Bonchev–Trinajstić information content (AvgIpc) is 2.60. The first-order valence-corrected chi connectivity index (χ1v) is 7.17. The first-order valence-electron chi connectivity index (χ1n) is 7.17. The zero-order valence-corrected chi connectivity index (χ0v) is 13.1. The number of ether oxygens (including phenoxy) is 3. The zero-order chi connectivity index (χ0) is 16.4. The van der Waals surface area contributed by atoms with E-state index in [0.29, 0.717) is 23.6 Å². The Morgan fingerprint density at radius 1 is 1.22 bits per heavy atom. The van der Waals surface area contributed by atoms with Crippen LogP contribution in [0, 0.1) is 0 Å². The second-order valence-electron chi connectivity index (χ2n) is 4.80. The third kappa shape index (κ3) is 2.52. The molecule has 23 heavy (non-hydrogen) atoms. The molecule has 0 aliphatic carbocycles. The lowest BCUT2D eigenvalue weighted by atomic mass is 10.1. The number of nitrogens with zero attached hydrogens (tertiary/aromatic N) is 2. The maximum absolute atomic E-state index is 11.8. The first kappa shape index (κ1) is 15.0. The van der Waals surface area contributed by atoms with Crippen LogP contribution >= 0.6 is 0 Å². The van der Waals surface area contributed by atoms with Gasteiger partial charge in [0, 0.05) is 23.7 Å². The van der Waals surface area contributed by atoms with Gasteiger partial charge in [-0.3, -0.25) is 4.98 Å². The van der Waals surface area contributed by atoms with Crippen LogP contribution in [0.2, 0.25) is 0 Å². The molecule has 0 aliphatic rings. The van der Waals surface area contributed by atoms with Gasteiger partial charge in [0.05, 0.1) is 31.7 Å². The van der Waals surface area contributed by atoms with Gasteiger partial charge in [-0.2, -0.15) is 0 Å². The minimum atomic E-state index is -0.516. The Balaban J connectivity index is 2.43. The van der Waals surface area contributed by atoms with Crippen LogP contribution in [0.4, 0.5) is 0 Å². The summed E-state index contributed by atoms with van der Waals surface area (Å²) in [5.74, 6) is 0.640. The summed E-state index contributed by atoms with van der Waals surface area (Å²) in [5, 5.41) is 1.65. The molecule has 0 atom stereocenters. The SMILES string of the molecule is CCOc1cc(C(=O)OC)nc2cc(OC)c3ncccc3c12. The van der Waals surface area contributed by atoms with Gasteiger partial charge in [-0.1, -0.05) is 6.07 Å². The predicted octanol–water partition coefficient (Wildman–Crippen LogP) is 2.98. The molecule has 3 aromatic rings. The normalized spacial score (nSPS) is 10.7. The second-order valence-corrected chi connectivity index (χ2v) is 4.80. The van der Waals surface area contributed by atoms with Crippen molar-refractivity contribution in [1.29, 1.82) is 0 Å². The lowest BCUT2D eigenvalue weighted by Gasteiger charge is -2.13. The van der Waals surface area contributed by atoms with Crippen molar-refractivity contribution in [2.24, 2.45) is 0 Å². The van der Waals surface area contributed by atoms with E-state index in [0.717, 1.165) is 16.3 Å². The molecular weight excluding hydrogens is 296 g/mol. The number of benzene rings is 1. The highest BCUT2D eigenvalue weighted by molar-refractivity contribution is 6.11. The van der Waals surface area contributed by atoms with E-state index >= 15 is 0 Å². The Kier molecular flexibility index (Phi) is 3.97. The number of hydrogen-bond donors (Lipinski definition) is 0. The summed E-state index contributed by atoms with van der Waals surface area (Å²) in [6.07, 6.45) is 1.70. The van der Waals surface area contributed by atoms with Gasteiger partial charge in [-0.15, -0.1) is 0 Å². The molecule has 6 nitrogen and oxygen atoms in total. The molecule has 0 bridgehead atoms. The smallest absolute Gasteiger partial charge is 0.356 e. The fourth-order valence-electron chi connectivity index (χ4n) is 2.55. The van der Waals surface area contributed by atoms with E-state index in [2.05, 4.69) is 9.97 Å². The van der Waals surface area contributed by atoms with E-state index < -0.39 is 5.97 Å². The summed E-state index contributed by atoms with van der Waals surface area (Å²) in [6, 6.07) is 7.11. The highest BCUT2D eigenvalue weighted by atomic mass is 16.5. The van der Waals surface area contributed by atoms with Gasteiger partial charge in [0.15, 0.2) is 5.69 Å². The van der Waals surface area contributed by atoms with E-state index in [1.807, 2.05) is 19.1 Å². The molecule has 118 valence electrons. The van der Waals surface area contributed by atoms with Crippen molar-refractivity contribution < 1.29 is 19.0 Å². The van der Waals surface area contributed by atoms with Crippen LogP contribution in [0.1, 0.15) is 17.4 Å². The summed E-state index contributed by atoms with van der Waals surface area (Å²) in [5.41, 5.74) is 1.50.